The minimum Gasteiger partial charge on any atom is -0.369 e. The van der Waals surface area contributed by atoms with Crippen molar-refractivity contribution < 1.29 is 0 Å². The van der Waals surface area contributed by atoms with Crippen LogP contribution in [0.2, 0.25) is 0 Å². The normalized spacial score (nSPS) is 19.7. The highest BCUT2D eigenvalue weighted by Crippen LogP contribution is 2.30. The standard InChI is InChI=1S/C14H16BrN3/c15-12-6-11-2-1-3-13(14(11)17-8-12)18-5-4-10(7-16)9-18/h1-3,6,8,10H,4-5,7,9,16H2. The summed E-state index contributed by atoms with van der Waals surface area (Å²) in [4.78, 5) is 6.96. The molecule has 2 heterocycles. The summed E-state index contributed by atoms with van der Waals surface area (Å²) >= 11 is 3.47. The van der Waals surface area contributed by atoms with Gasteiger partial charge in [0.2, 0.25) is 0 Å². The van der Waals surface area contributed by atoms with Crippen LogP contribution in [-0.2, 0) is 0 Å². The predicted octanol–water partition coefficient (Wildman–Crippen LogP) is 2.78. The van der Waals surface area contributed by atoms with Gasteiger partial charge in [-0.2, -0.15) is 0 Å². The molecule has 94 valence electrons. The molecule has 1 fully saturated rings. The Balaban J connectivity index is 2.02. The average molecular weight is 306 g/mol. The molecule has 18 heavy (non-hydrogen) atoms. The van der Waals surface area contributed by atoms with Crippen molar-refractivity contribution in [2.24, 2.45) is 11.7 Å². The second kappa shape index (κ2) is 4.86. The number of hydrogen-bond acceptors (Lipinski definition) is 3. The van der Waals surface area contributed by atoms with Crippen molar-refractivity contribution in [3.05, 3.63) is 34.9 Å². The molecule has 3 nitrogen and oxygen atoms in total. The number of hydrogen-bond donors (Lipinski definition) is 1. The van der Waals surface area contributed by atoms with Crippen LogP contribution in [0.5, 0.6) is 0 Å². The first-order valence-electron chi connectivity index (χ1n) is 6.27. The van der Waals surface area contributed by atoms with E-state index in [1.807, 2.05) is 6.20 Å². The van der Waals surface area contributed by atoms with E-state index in [1.165, 1.54) is 17.5 Å². The highest BCUT2D eigenvalue weighted by molar-refractivity contribution is 9.10. The first kappa shape index (κ1) is 11.9. The van der Waals surface area contributed by atoms with Crippen molar-refractivity contribution in [2.45, 2.75) is 6.42 Å². The van der Waals surface area contributed by atoms with Crippen molar-refractivity contribution in [3.63, 3.8) is 0 Å². The van der Waals surface area contributed by atoms with Crippen LogP contribution in [0.15, 0.2) is 34.9 Å². The zero-order valence-electron chi connectivity index (χ0n) is 10.1. The van der Waals surface area contributed by atoms with E-state index < -0.39 is 0 Å². The maximum Gasteiger partial charge on any atom is 0.0936 e. The minimum atomic E-state index is 0.621. The van der Waals surface area contributed by atoms with E-state index >= 15 is 0 Å². The molecule has 0 saturated carbocycles. The number of pyridine rings is 1. The molecule has 3 rings (SSSR count). The Morgan fingerprint density at radius 2 is 2.33 bits per heavy atom. The highest BCUT2D eigenvalue weighted by Gasteiger charge is 2.22. The molecule has 1 aliphatic rings. The molecule has 1 aromatic carbocycles. The summed E-state index contributed by atoms with van der Waals surface area (Å²) in [7, 11) is 0. The molecule has 2 N–H and O–H groups in total. The van der Waals surface area contributed by atoms with Crippen LogP contribution < -0.4 is 10.6 Å². The number of benzene rings is 1. The molecule has 1 unspecified atom stereocenters. The molecule has 0 aliphatic carbocycles. The van der Waals surface area contributed by atoms with Gasteiger partial charge in [0, 0.05) is 29.1 Å². The third-order valence-electron chi connectivity index (χ3n) is 3.62. The van der Waals surface area contributed by atoms with E-state index in [9.17, 15) is 0 Å². The molecule has 2 aromatic rings. The topological polar surface area (TPSA) is 42.1 Å². The van der Waals surface area contributed by atoms with Gasteiger partial charge in [0.1, 0.15) is 0 Å². The molecule has 0 bridgehead atoms. The second-order valence-electron chi connectivity index (χ2n) is 4.84. The van der Waals surface area contributed by atoms with E-state index in [0.717, 1.165) is 29.6 Å². The Kier molecular flexibility index (Phi) is 3.22. The zero-order valence-corrected chi connectivity index (χ0v) is 11.7. The molecule has 1 aromatic heterocycles. The number of para-hydroxylation sites is 1. The SMILES string of the molecule is NCC1CCN(c2cccc3cc(Br)cnc23)C1. The number of rotatable bonds is 2. The Morgan fingerprint density at radius 3 is 3.11 bits per heavy atom. The summed E-state index contributed by atoms with van der Waals surface area (Å²) in [5, 5.41) is 1.18. The van der Waals surface area contributed by atoms with E-state index in [1.54, 1.807) is 0 Å². The first-order chi connectivity index (χ1) is 8.78. The van der Waals surface area contributed by atoms with Gasteiger partial charge in [0.05, 0.1) is 11.2 Å². The predicted molar refractivity (Wildman–Crippen MR) is 78.8 cm³/mol. The summed E-state index contributed by atoms with van der Waals surface area (Å²) in [6.07, 6.45) is 3.05. The molecule has 1 aliphatic heterocycles. The average Bonchev–Trinajstić information content (AvgIpc) is 2.86. The van der Waals surface area contributed by atoms with Crippen molar-refractivity contribution in [3.8, 4) is 0 Å². The van der Waals surface area contributed by atoms with E-state index in [0.29, 0.717) is 5.92 Å². The lowest BCUT2D eigenvalue weighted by atomic mass is 10.1. The number of fused-ring (bicyclic) bond motifs is 1. The van der Waals surface area contributed by atoms with Crippen LogP contribution in [0.3, 0.4) is 0 Å². The second-order valence-corrected chi connectivity index (χ2v) is 5.75. The van der Waals surface area contributed by atoms with Crippen molar-refractivity contribution in [1.29, 1.82) is 0 Å². The summed E-state index contributed by atoms with van der Waals surface area (Å²) in [6, 6.07) is 8.47. The van der Waals surface area contributed by atoms with E-state index in [-0.39, 0.29) is 0 Å². The molecule has 0 spiro atoms. The Hall–Kier alpha value is -1.13. The van der Waals surface area contributed by atoms with Gasteiger partial charge in [0.25, 0.3) is 0 Å². The molecule has 0 amide bonds. The number of nitrogens with two attached hydrogens (primary N) is 1. The van der Waals surface area contributed by atoms with E-state index in [4.69, 9.17) is 5.73 Å². The Bertz CT molecular complexity index is 570. The van der Waals surface area contributed by atoms with Crippen molar-refractivity contribution >= 4 is 32.5 Å². The summed E-state index contributed by atoms with van der Waals surface area (Å²) in [5.74, 6) is 0.621. The third kappa shape index (κ3) is 2.10. The molecular weight excluding hydrogens is 290 g/mol. The first-order valence-corrected chi connectivity index (χ1v) is 7.06. The summed E-state index contributed by atoms with van der Waals surface area (Å²) in [5.41, 5.74) is 8.07. The van der Waals surface area contributed by atoms with Gasteiger partial charge in [-0.05, 0) is 46.9 Å². The zero-order chi connectivity index (χ0) is 12.5. The lowest BCUT2D eigenvalue weighted by Gasteiger charge is -2.20. The lowest BCUT2D eigenvalue weighted by molar-refractivity contribution is 0.603. The molecule has 4 heteroatoms. The molecule has 1 saturated heterocycles. The maximum atomic E-state index is 5.76. The molecular formula is C14H16BrN3. The Labute approximate surface area is 115 Å². The summed E-state index contributed by atoms with van der Waals surface area (Å²) < 4.78 is 1.02. The highest BCUT2D eigenvalue weighted by atomic mass is 79.9. The Morgan fingerprint density at radius 1 is 1.44 bits per heavy atom. The number of anilines is 1. The fourth-order valence-corrected chi connectivity index (χ4v) is 2.97. The van der Waals surface area contributed by atoms with Crippen molar-refractivity contribution in [2.75, 3.05) is 24.5 Å². The number of halogens is 1. The van der Waals surface area contributed by atoms with Crippen LogP contribution in [0.1, 0.15) is 6.42 Å². The van der Waals surface area contributed by atoms with Crippen LogP contribution >= 0.6 is 15.9 Å². The van der Waals surface area contributed by atoms with Gasteiger partial charge in [0.15, 0.2) is 0 Å². The lowest BCUT2D eigenvalue weighted by Crippen LogP contribution is -2.22. The van der Waals surface area contributed by atoms with Crippen LogP contribution in [-0.4, -0.2) is 24.6 Å². The molecule has 0 radical (unpaired) electrons. The fraction of sp³-hybridized carbons (Fsp3) is 0.357. The number of nitrogens with zero attached hydrogens (tertiary/aromatic N) is 2. The van der Waals surface area contributed by atoms with Crippen molar-refractivity contribution in [1.82, 2.24) is 4.98 Å². The van der Waals surface area contributed by atoms with Gasteiger partial charge in [-0.25, -0.2) is 0 Å². The van der Waals surface area contributed by atoms with Gasteiger partial charge >= 0.3 is 0 Å². The minimum absolute atomic E-state index is 0.621. The van der Waals surface area contributed by atoms with Crippen LogP contribution in [0.4, 0.5) is 5.69 Å². The van der Waals surface area contributed by atoms with Gasteiger partial charge in [-0.1, -0.05) is 12.1 Å². The van der Waals surface area contributed by atoms with Crippen LogP contribution in [0, 0.1) is 5.92 Å². The summed E-state index contributed by atoms with van der Waals surface area (Å²) in [6.45, 7) is 2.91. The van der Waals surface area contributed by atoms with Gasteiger partial charge in [-0.15, -0.1) is 0 Å². The monoisotopic (exact) mass is 305 g/mol. The molecule has 1 atom stereocenters. The van der Waals surface area contributed by atoms with Gasteiger partial charge < -0.3 is 10.6 Å². The van der Waals surface area contributed by atoms with Gasteiger partial charge in [-0.3, -0.25) is 4.98 Å². The van der Waals surface area contributed by atoms with Crippen LogP contribution in [0.25, 0.3) is 10.9 Å². The van der Waals surface area contributed by atoms with E-state index in [2.05, 4.69) is 50.1 Å². The smallest absolute Gasteiger partial charge is 0.0936 e. The largest absolute Gasteiger partial charge is 0.369 e. The number of aromatic nitrogens is 1. The maximum absolute atomic E-state index is 5.76. The fourth-order valence-electron chi connectivity index (χ4n) is 2.62. The third-order valence-corrected chi connectivity index (χ3v) is 4.05. The quantitative estimate of drug-likeness (QED) is 0.927.